The lowest BCUT2D eigenvalue weighted by Gasteiger charge is -2.16. The van der Waals surface area contributed by atoms with Gasteiger partial charge in [0, 0.05) is 29.4 Å². The van der Waals surface area contributed by atoms with Crippen LogP contribution in [-0.4, -0.2) is 38.0 Å². The van der Waals surface area contributed by atoms with Crippen LogP contribution in [0, 0.1) is 5.92 Å². The van der Waals surface area contributed by atoms with E-state index in [2.05, 4.69) is 5.32 Å². The summed E-state index contributed by atoms with van der Waals surface area (Å²) in [6.07, 6.45) is 0.0424. The Balaban J connectivity index is 1.52. The summed E-state index contributed by atoms with van der Waals surface area (Å²) in [4.78, 5) is 38.0. The molecule has 146 valence electrons. The van der Waals surface area contributed by atoms with Gasteiger partial charge >= 0.3 is 5.97 Å². The van der Waals surface area contributed by atoms with Crippen molar-refractivity contribution in [1.29, 1.82) is 0 Å². The molecule has 1 aliphatic rings. The van der Waals surface area contributed by atoms with Crippen LogP contribution in [0.3, 0.4) is 0 Å². The number of nitrogens with zero attached hydrogens (tertiary/aromatic N) is 1. The summed E-state index contributed by atoms with van der Waals surface area (Å²) in [7, 11) is 1.56. The molecule has 1 N–H and O–H groups in total. The molecule has 0 spiro atoms. The monoisotopic (exact) mass is 402 g/mol. The predicted molar refractivity (Wildman–Crippen MR) is 104 cm³/mol. The van der Waals surface area contributed by atoms with Gasteiger partial charge in [0.15, 0.2) is 6.61 Å². The Morgan fingerprint density at radius 2 is 1.96 bits per heavy atom. The van der Waals surface area contributed by atoms with Gasteiger partial charge in [-0.05, 0) is 42.5 Å². The molecule has 2 amide bonds. The van der Waals surface area contributed by atoms with Gasteiger partial charge in [0.05, 0.1) is 13.0 Å². The first-order valence-corrected chi connectivity index (χ1v) is 9.00. The molecule has 0 bridgehead atoms. The Kier molecular flexibility index (Phi) is 6.16. The number of halogens is 1. The SMILES string of the molecule is COc1ccc(N2C[C@H](C(=O)OCC(=O)Nc3cccc(Cl)c3)CC2=O)cc1. The molecule has 1 saturated heterocycles. The maximum atomic E-state index is 12.3. The third kappa shape index (κ3) is 4.80. The predicted octanol–water partition coefficient (Wildman–Crippen LogP) is 2.88. The third-order valence-electron chi connectivity index (χ3n) is 4.30. The van der Waals surface area contributed by atoms with Gasteiger partial charge in [-0.15, -0.1) is 0 Å². The zero-order valence-electron chi connectivity index (χ0n) is 15.2. The number of esters is 1. The second-order valence-corrected chi connectivity index (χ2v) is 6.71. The van der Waals surface area contributed by atoms with Crippen molar-refractivity contribution in [2.24, 2.45) is 5.92 Å². The molecule has 0 unspecified atom stereocenters. The van der Waals surface area contributed by atoms with E-state index in [4.69, 9.17) is 21.1 Å². The number of hydrogen-bond acceptors (Lipinski definition) is 5. The van der Waals surface area contributed by atoms with Crippen molar-refractivity contribution < 1.29 is 23.9 Å². The first-order valence-electron chi connectivity index (χ1n) is 8.62. The van der Waals surface area contributed by atoms with Crippen molar-refractivity contribution in [3.63, 3.8) is 0 Å². The first kappa shape index (κ1) is 19.7. The Hall–Kier alpha value is -3.06. The van der Waals surface area contributed by atoms with Crippen LogP contribution < -0.4 is 15.0 Å². The van der Waals surface area contributed by atoms with Crippen LogP contribution in [-0.2, 0) is 19.1 Å². The number of benzene rings is 2. The fourth-order valence-corrected chi connectivity index (χ4v) is 3.09. The average molecular weight is 403 g/mol. The minimum absolute atomic E-state index is 0.0424. The molecule has 7 nitrogen and oxygen atoms in total. The molecule has 2 aromatic carbocycles. The number of ether oxygens (including phenoxy) is 2. The fraction of sp³-hybridized carbons (Fsp3) is 0.250. The lowest BCUT2D eigenvalue weighted by atomic mass is 10.1. The maximum absolute atomic E-state index is 12.3. The Morgan fingerprint density at radius 1 is 1.21 bits per heavy atom. The summed E-state index contributed by atoms with van der Waals surface area (Å²) in [5.74, 6) is -1.17. The molecule has 1 aliphatic heterocycles. The van der Waals surface area contributed by atoms with Gasteiger partial charge in [-0.3, -0.25) is 14.4 Å². The molecule has 1 atom stereocenters. The van der Waals surface area contributed by atoms with Crippen molar-refractivity contribution in [1.82, 2.24) is 0 Å². The summed E-state index contributed by atoms with van der Waals surface area (Å²) in [6.45, 7) is -0.224. The Morgan fingerprint density at radius 3 is 2.64 bits per heavy atom. The molecule has 0 radical (unpaired) electrons. The van der Waals surface area contributed by atoms with E-state index in [1.54, 1.807) is 55.6 Å². The highest BCUT2D eigenvalue weighted by atomic mass is 35.5. The van der Waals surface area contributed by atoms with E-state index in [-0.39, 0.29) is 18.9 Å². The van der Waals surface area contributed by atoms with E-state index in [9.17, 15) is 14.4 Å². The molecular formula is C20H19ClN2O5. The summed E-state index contributed by atoms with van der Waals surface area (Å²) in [5.41, 5.74) is 1.19. The number of rotatable bonds is 6. The number of nitrogens with one attached hydrogen (secondary N) is 1. The van der Waals surface area contributed by atoms with Crippen molar-refractivity contribution in [3.05, 3.63) is 53.6 Å². The number of carbonyl (C=O) groups is 3. The van der Waals surface area contributed by atoms with E-state index >= 15 is 0 Å². The topological polar surface area (TPSA) is 84.9 Å². The Bertz CT molecular complexity index is 884. The van der Waals surface area contributed by atoms with Gasteiger partial charge in [0.2, 0.25) is 5.91 Å². The standard InChI is InChI=1S/C20H19ClN2O5/c1-27-17-7-5-16(6-8-17)23-11-13(9-19(23)25)20(26)28-12-18(24)22-15-4-2-3-14(21)10-15/h2-8,10,13H,9,11-12H2,1H3,(H,22,24)/t13-/m1/s1. The van der Waals surface area contributed by atoms with Gasteiger partial charge in [-0.2, -0.15) is 0 Å². The Labute approximate surface area is 167 Å². The molecule has 28 heavy (non-hydrogen) atoms. The lowest BCUT2D eigenvalue weighted by Crippen LogP contribution is -2.28. The van der Waals surface area contributed by atoms with E-state index in [0.29, 0.717) is 22.1 Å². The zero-order chi connectivity index (χ0) is 20.1. The van der Waals surface area contributed by atoms with E-state index in [0.717, 1.165) is 0 Å². The molecule has 1 fully saturated rings. The van der Waals surface area contributed by atoms with Crippen LogP contribution in [0.2, 0.25) is 5.02 Å². The lowest BCUT2D eigenvalue weighted by molar-refractivity contribution is -0.151. The summed E-state index contributed by atoms with van der Waals surface area (Å²) < 4.78 is 10.2. The van der Waals surface area contributed by atoms with Crippen molar-refractivity contribution in [2.75, 3.05) is 30.5 Å². The van der Waals surface area contributed by atoms with E-state index in [1.165, 1.54) is 4.90 Å². The molecule has 3 rings (SSSR count). The van der Waals surface area contributed by atoms with Gasteiger partial charge in [-0.1, -0.05) is 17.7 Å². The van der Waals surface area contributed by atoms with Crippen LogP contribution in [0.25, 0.3) is 0 Å². The van der Waals surface area contributed by atoms with Crippen LogP contribution >= 0.6 is 11.6 Å². The van der Waals surface area contributed by atoms with Crippen LogP contribution in [0.15, 0.2) is 48.5 Å². The maximum Gasteiger partial charge on any atom is 0.311 e. The second kappa shape index (κ2) is 8.75. The summed E-state index contributed by atoms with van der Waals surface area (Å²) in [6, 6.07) is 13.6. The summed E-state index contributed by atoms with van der Waals surface area (Å²) >= 11 is 5.86. The molecule has 0 saturated carbocycles. The normalized spacial score (nSPS) is 16.0. The number of anilines is 2. The molecule has 0 aliphatic carbocycles. The van der Waals surface area contributed by atoms with Crippen molar-refractivity contribution in [2.45, 2.75) is 6.42 Å². The van der Waals surface area contributed by atoms with E-state index in [1.807, 2.05) is 0 Å². The molecule has 2 aromatic rings. The quantitative estimate of drug-likeness (QED) is 0.751. The van der Waals surface area contributed by atoms with Gasteiger partial charge in [-0.25, -0.2) is 0 Å². The van der Waals surface area contributed by atoms with E-state index < -0.39 is 24.4 Å². The van der Waals surface area contributed by atoms with Gasteiger partial charge in [0.1, 0.15) is 5.75 Å². The molecule has 8 heteroatoms. The fourth-order valence-electron chi connectivity index (χ4n) is 2.90. The van der Waals surface area contributed by atoms with Crippen LogP contribution in [0.5, 0.6) is 5.75 Å². The molecule has 1 heterocycles. The smallest absolute Gasteiger partial charge is 0.311 e. The third-order valence-corrected chi connectivity index (χ3v) is 4.53. The number of carbonyl (C=O) groups excluding carboxylic acids is 3. The van der Waals surface area contributed by atoms with Gasteiger partial charge in [0.25, 0.3) is 5.91 Å². The van der Waals surface area contributed by atoms with Crippen LogP contribution in [0.1, 0.15) is 6.42 Å². The van der Waals surface area contributed by atoms with Crippen LogP contribution in [0.4, 0.5) is 11.4 Å². The minimum atomic E-state index is -0.617. The summed E-state index contributed by atoms with van der Waals surface area (Å²) in [5, 5.41) is 3.08. The highest BCUT2D eigenvalue weighted by Crippen LogP contribution is 2.27. The second-order valence-electron chi connectivity index (χ2n) is 6.27. The minimum Gasteiger partial charge on any atom is -0.497 e. The largest absolute Gasteiger partial charge is 0.497 e. The molecular weight excluding hydrogens is 384 g/mol. The number of methoxy groups -OCH3 is 1. The van der Waals surface area contributed by atoms with Crippen molar-refractivity contribution in [3.8, 4) is 5.75 Å². The van der Waals surface area contributed by atoms with Crippen molar-refractivity contribution >= 4 is 40.8 Å². The number of amides is 2. The molecule has 0 aromatic heterocycles. The highest BCUT2D eigenvalue weighted by Gasteiger charge is 2.36. The highest BCUT2D eigenvalue weighted by molar-refractivity contribution is 6.30. The zero-order valence-corrected chi connectivity index (χ0v) is 15.9. The average Bonchev–Trinajstić information content (AvgIpc) is 3.08. The number of hydrogen-bond donors (Lipinski definition) is 1. The van der Waals surface area contributed by atoms with Gasteiger partial charge < -0.3 is 19.7 Å². The first-order chi connectivity index (χ1) is 13.5.